The zero-order valence-corrected chi connectivity index (χ0v) is 21.5. The third-order valence-corrected chi connectivity index (χ3v) is 5.45. The second-order valence-corrected chi connectivity index (χ2v) is 8.87. The van der Waals surface area contributed by atoms with Crippen LogP contribution < -0.4 is 14.2 Å². The summed E-state index contributed by atoms with van der Waals surface area (Å²) in [5, 5.41) is 33.8. The number of hydrogen-bond acceptors (Lipinski definition) is 10. The number of methoxy groups -OCH3 is 1. The van der Waals surface area contributed by atoms with Gasteiger partial charge in [-0.25, -0.2) is 4.79 Å². The maximum absolute atomic E-state index is 10.3. The Morgan fingerprint density at radius 1 is 1.03 bits per heavy atom. The molecule has 0 saturated carbocycles. The number of pyridine rings is 1. The Bertz CT molecular complexity index is 1080. The number of rotatable bonds is 13. The summed E-state index contributed by atoms with van der Waals surface area (Å²) in [7, 11) is 5.86. The second-order valence-electron chi connectivity index (χ2n) is 8.87. The number of benzene rings is 1. The number of aliphatic carboxylic acids is 3. The average molecular weight is 536 g/mol. The highest BCUT2D eigenvalue weighted by atomic mass is 16.7. The summed E-state index contributed by atoms with van der Waals surface area (Å²) in [6.07, 6.45) is 1.43. The van der Waals surface area contributed by atoms with Crippen LogP contribution in [0.2, 0.25) is 0 Å². The van der Waals surface area contributed by atoms with Crippen molar-refractivity contribution in [3.8, 4) is 17.2 Å². The van der Waals surface area contributed by atoms with Crippen LogP contribution in [-0.4, -0.2) is 99.8 Å². The molecule has 38 heavy (non-hydrogen) atoms. The van der Waals surface area contributed by atoms with Gasteiger partial charge >= 0.3 is 17.9 Å². The van der Waals surface area contributed by atoms with Crippen molar-refractivity contribution in [3.05, 3.63) is 47.8 Å². The molecule has 0 unspecified atom stereocenters. The zero-order chi connectivity index (χ0) is 28.3. The highest BCUT2D eigenvalue weighted by Gasteiger charge is 2.40. The number of aliphatic hydroxyl groups is 1. The quantitative estimate of drug-likeness (QED) is 0.287. The molecule has 0 spiro atoms. The van der Waals surface area contributed by atoms with E-state index >= 15 is 0 Å². The lowest BCUT2D eigenvalue weighted by molar-refractivity contribution is -0.170. The Hall–Kier alpha value is -3.94. The fourth-order valence-corrected chi connectivity index (χ4v) is 3.54. The van der Waals surface area contributed by atoms with Gasteiger partial charge in [-0.3, -0.25) is 19.5 Å². The fourth-order valence-electron chi connectivity index (χ4n) is 3.54. The van der Waals surface area contributed by atoms with E-state index in [1.807, 2.05) is 24.4 Å². The number of nitrogens with zero attached hydrogens (tertiary/aromatic N) is 3. The molecule has 0 fully saturated rings. The predicted molar refractivity (Wildman–Crippen MR) is 133 cm³/mol. The number of carboxylic acids is 3. The van der Waals surface area contributed by atoms with Gasteiger partial charge in [-0.1, -0.05) is 6.07 Å². The van der Waals surface area contributed by atoms with Crippen LogP contribution in [0.15, 0.2) is 36.7 Å². The molecule has 0 bridgehead atoms. The van der Waals surface area contributed by atoms with Crippen molar-refractivity contribution < 1.29 is 49.0 Å². The molecular formula is C25H33N3O10. The van der Waals surface area contributed by atoms with Gasteiger partial charge in [-0.15, -0.1) is 0 Å². The second kappa shape index (κ2) is 14.1. The summed E-state index contributed by atoms with van der Waals surface area (Å²) in [6, 6.07) is 8.01. The Balaban J connectivity index is 0.000000332. The molecule has 0 saturated heterocycles. The first-order valence-corrected chi connectivity index (χ1v) is 11.6. The topological polar surface area (TPSA) is 179 Å². The van der Waals surface area contributed by atoms with E-state index < -0.39 is 36.4 Å². The van der Waals surface area contributed by atoms with E-state index in [4.69, 9.17) is 34.6 Å². The van der Waals surface area contributed by atoms with Crippen molar-refractivity contribution in [1.82, 2.24) is 14.8 Å². The lowest BCUT2D eigenvalue weighted by Gasteiger charge is -2.25. The summed E-state index contributed by atoms with van der Waals surface area (Å²) < 4.78 is 16.5. The van der Waals surface area contributed by atoms with Gasteiger partial charge in [0.25, 0.3) is 0 Å². The van der Waals surface area contributed by atoms with E-state index in [1.54, 1.807) is 13.3 Å². The SMILES string of the molecule is COc1cc2c(cc1CN(CCN(C)C)Cc1cccnc1)OCO2.O=C(O)CC(O)(CC(=O)O)C(=O)O. The maximum Gasteiger partial charge on any atom is 0.336 e. The first-order valence-electron chi connectivity index (χ1n) is 11.6. The monoisotopic (exact) mass is 535 g/mol. The Labute approximate surface area is 219 Å². The zero-order valence-electron chi connectivity index (χ0n) is 21.5. The summed E-state index contributed by atoms with van der Waals surface area (Å²) in [6.45, 7) is 3.79. The van der Waals surface area contributed by atoms with Gasteiger partial charge in [0.1, 0.15) is 5.75 Å². The summed E-state index contributed by atoms with van der Waals surface area (Å²) >= 11 is 0. The molecule has 1 aliphatic rings. The van der Waals surface area contributed by atoms with Crippen LogP contribution in [-0.2, 0) is 27.5 Å². The first-order chi connectivity index (χ1) is 17.9. The number of carboxylic acid groups (broad SMARTS) is 3. The third kappa shape index (κ3) is 9.50. The van der Waals surface area contributed by atoms with E-state index in [9.17, 15) is 14.4 Å². The van der Waals surface area contributed by atoms with Crippen molar-refractivity contribution in [2.45, 2.75) is 31.5 Å². The minimum atomic E-state index is -2.74. The van der Waals surface area contributed by atoms with Crippen LogP contribution in [0.5, 0.6) is 17.2 Å². The molecule has 0 atom stereocenters. The van der Waals surface area contributed by atoms with Crippen molar-refractivity contribution in [1.29, 1.82) is 0 Å². The van der Waals surface area contributed by atoms with Crippen molar-refractivity contribution >= 4 is 17.9 Å². The highest BCUT2D eigenvalue weighted by molar-refractivity contribution is 5.88. The van der Waals surface area contributed by atoms with Gasteiger partial charge in [0.15, 0.2) is 17.1 Å². The molecule has 0 aliphatic carbocycles. The van der Waals surface area contributed by atoms with Gasteiger partial charge < -0.3 is 39.5 Å². The van der Waals surface area contributed by atoms with Crippen LogP contribution in [0, 0.1) is 0 Å². The van der Waals surface area contributed by atoms with Gasteiger partial charge in [-0.2, -0.15) is 0 Å². The van der Waals surface area contributed by atoms with E-state index in [0.29, 0.717) is 0 Å². The number of aromatic nitrogens is 1. The lowest BCUT2D eigenvalue weighted by Crippen LogP contribution is -2.42. The van der Waals surface area contributed by atoms with E-state index in [-0.39, 0.29) is 6.79 Å². The highest BCUT2D eigenvalue weighted by Crippen LogP contribution is 2.38. The third-order valence-electron chi connectivity index (χ3n) is 5.45. The van der Waals surface area contributed by atoms with Crippen molar-refractivity contribution in [2.24, 2.45) is 0 Å². The maximum atomic E-state index is 10.3. The molecule has 1 aliphatic heterocycles. The largest absolute Gasteiger partial charge is 0.496 e. The van der Waals surface area contributed by atoms with E-state index in [1.165, 1.54) is 5.56 Å². The number of carbonyl (C=O) groups is 3. The van der Waals surface area contributed by atoms with Gasteiger partial charge in [0.05, 0.1) is 20.0 Å². The summed E-state index contributed by atoms with van der Waals surface area (Å²) in [4.78, 5) is 39.3. The number of fused-ring (bicyclic) bond motifs is 1. The van der Waals surface area contributed by atoms with Crippen LogP contribution in [0.3, 0.4) is 0 Å². The fraction of sp³-hybridized carbons (Fsp3) is 0.440. The van der Waals surface area contributed by atoms with Crippen LogP contribution in [0.4, 0.5) is 0 Å². The molecule has 0 amide bonds. The molecule has 1 aromatic heterocycles. The number of hydrogen-bond donors (Lipinski definition) is 4. The van der Waals surface area contributed by atoms with Crippen molar-refractivity contribution in [2.75, 3.05) is 41.1 Å². The summed E-state index contributed by atoms with van der Waals surface area (Å²) in [5.74, 6) is -2.67. The first kappa shape index (κ1) is 30.3. The summed E-state index contributed by atoms with van der Waals surface area (Å²) in [5.41, 5.74) is -0.451. The minimum Gasteiger partial charge on any atom is -0.496 e. The smallest absolute Gasteiger partial charge is 0.336 e. The molecular weight excluding hydrogens is 502 g/mol. The number of likely N-dealkylation sites (N-methyl/N-ethyl adjacent to an activating group) is 1. The molecule has 2 aromatic rings. The molecule has 13 heteroatoms. The lowest BCUT2D eigenvalue weighted by atomic mass is 9.96. The molecule has 4 N–H and O–H groups in total. The Morgan fingerprint density at radius 3 is 2.16 bits per heavy atom. The van der Waals surface area contributed by atoms with E-state index in [0.717, 1.165) is 49.0 Å². The van der Waals surface area contributed by atoms with Crippen LogP contribution in [0.1, 0.15) is 24.0 Å². The van der Waals surface area contributed by atoms with E-state index in [2.05, 4.69) is 34.9 Å². The van der Waals surface area contributed by atoms with Gasteiger partial charge in [-0.05, 0) is 31.8 Å². The van der Waals surface area contributed by atoms with Gasteiger partial charge in [0, 0.05) is 50.2 Å². The van der Waals surface area contributed by atoms with Gasteiger partial charge in [0.2, 0.25) is 6.79 Å². The van der Waals surface area contributed by atoms with Crippen LogP contribution in [0.25, 0.3) is 0 Å². The molecule has 208 valence electrons. The Morgan fingerprint density at radius 2 is 1.66 bits per heavy atom. The normalized spacial score (nSPS) is 12.2. The predicted octanol–water partition coefficient (Wildman–Crippen LogP) is 1.13. The molecule has 13 nitrogen and oxygen atoms in total. The molecule has 0 radical (unpaired) electrons. The molecule has 2 heterocycles. The number of ether oxygens (including phenoxy) is 3. The Kier molecular flexibility index (Phi) is 11.3. The van der Waals surface area contributed by atoms with Crippen LogP contribution >= 0.6 is 0 Å². The average Bonchev–Trinajstić information content (AvgIpc) is 3.29. The molecule has 1 aromatic carbocycles. The molecule has 3 rings (SSSR count). The minimum absolute atomic E-state index is 0.266. The standard InChI is InChI=1S/C19H25N3O3.C6H8O7/c1-21(2)7-8-22(12-15-5-4-6-20-11-15)13-16-9-18-19(25-14-24-18)10-17(16)23-3;7-3(8)1-6(13,5(11)12)2-4(9)10/h4-6,9-11H,7-8,12-14H2,1-3H3;13H,1-2H2,(H,7,8)(H,9,10)(H,11,12). The van der Waals surface area contributed by atoms with Crippen molar-refractivity contribution in [3.63, 3.8) is 0 Å².